The lowest BCUT2D eigenvalue weighted by molar-refractivity contribution is -0.137. The molecule has 3 aliphatic rings. The normalized spacial score (nSPS) is 25.1. The Morgan fingerprint density at radius 3 is 2.41 bits per heavy atom. The number of nitrogens with zero attached hydrogens (tertiary/aromatic N) is 4. The Balaban J connectivity index is 1.38. The summed E-state index contributed by atoms with van der Waals surface area (Å²) in [6, 6.07) is 1.87. The Labute approximate surface area is 222 Å². The standard InChI is InChI=1S/C27H31F6N5O/c1-15-13-26(29,30)22-20(15)23(35-14-34-22)37-8-10-38(11-9-37)24(39)21(19-6-7-25(2,3)36-19)17-5-4-16(12-18(17)28)27(31,32)33/h4-5,12,14-15,19,21,36H,6-11,13H2,1-3H3/t15-,19+,21+/m1/s1. The molecule has 0 bridgehead atoms. The monoisotopic (exact) mass is 555 g/mol. The summed E-state index contributed by atoms with van der Waals surface area (Å²) in [4.78, 5) is 25.4. The maximum Gasteiger partial charge on any atom is 0.416 e. The van der Waals surface area contributed by atoms with Crippen molar-refractivity contribution in [2.45, 2.75) is 75.5 Å². The lowest BCUT2D eigenvalue weighted by Gasteiger charge is -2.39. The van der Waals surface area contributed by atoms with Crippen LogP contribution in [0.4, 0.5) is 32.2 Å². The number of carbonyl (C=O) groups excluding carboxylic acids is 1. The fraction of sp³-hybridized carbons (Fsp3) is 0.593. The smallest absolute Gasteiger partial charge is 0.353 e. The number of fused-ring (bicyclic) bond motifs is 1. The summed E-state index contributed by atoms with van der Waals surface area (Å²) in [7, 11) is 0. The second kappa shape index (κ2) is 9.64. The second-order valence-electron chi connectivity index (χ2n) is 11.5. The zero-order valence-electron chi connectivity index (χ0n) is 22.0. The molecule has 0 saturated carbocycles. The van der Waals surface area contributed by atoms with Crippen molar-refractivity contribution in [1.82, 2.24) is 20.2 Å². The molecule has 0 radical (unpaired) electrons. The molecule has 6 nitrogen and oxygen atoms in total. The number of carbonyl (C=O) groups is 1. The van der Waals surface area contributed by atoms with Gasteiger partial charge in [-0.15, -0.1) is 0 Å². The third-order valence-electron chi connectivity index (χ3n) is 8.14. The highest BCUT2D eigenvalue weighted by atomic mass is 19.4. The first-order valence-electron chi connectivity index (χ1n) is 13.1. The molecule has 0 unspecified atom stereocenters. The van der Waals surface area contributed by atoms with Crippen LogP contribution in [0.15, 0.2) is 24.5 Å². The molecule has 5 rings (SSSR count). The van der Waals surface area contributed by atoms with Crippen molar-refractivity contribution >= 4 is 11.7 Å². The maximum absolute atomic E-state index is 15.1. The number of rotatable bonds is 4. The number of amides is 1. The van der Waals surface area contributed by atoms with E-state index in [1.807, 2.05) is 18.7 Å². The SMILES string of the molecule is C[C@@H]1CC(F)(F)c2ncnc(N3CCN(C(=O)[C@@H](c4ccc(C(F)(F)F)cc4F)[C@@H]4CCC(C)(C)N4)CC3)c21. The van der Waals surface area contributed by atoms with Crippen LogP contribution >= 0.6 is 0 Å². The van der Waals surface area contributed by atoms with Crippen LogP contribution in [0.5, 0.6) is 0 Å². The molecule has 1 N–H and O–H groups in total. The number of halogens is 6. The summed E-state index contributed by atoms with van der Waals surface area (Å²) in [6.45, 7) is 6.74. The molecule has 3 heterocycles. The van der Waals surface area contributed by atoms with Crippen molar-refractivity contribution in [1.29, 1.82) is 0 Å². The average Bonchev–Trinajstić information content (AvgIpc) is 3.34. The Bertz CT molecular complexity index is 1260. The topological polar surface area (TPSA) is 61.4 Å². The van der Waals surface area contributed by atoms with Gasteiger partial charge in [0.05, 0.1) is 11.5 Å². The molecule has 2 aliphatic heterocycles. The van der Waals surface area contributed by atoms with Crippen molar-refractivity contribution in [3.05, 3.63) is 52.7 Å². The van der Waals surface area contributed by atoms with Gasteiger partial charge in [0.25, 0.3) is 5.92 Å². The molecular weight excluding hydrogens is 524 g/mol. The molecule has 1 aliphatic carbocycles. The quantitative estimate of drug-likeness (QED) is 0.526. The number of nitrogens with one attached hydrogen (secondary N) is 1. The number of piperazine rings is 1. The van der Waals surface area contributed by atoms with Crippen LogP contribution in [-0.2, 0) is 16.9 Å². The van der Waals surface area contributed by atoms with Gasteiger partial charge in [-0.25, -0.2) is 14.4 Å². The van der Waals surface area contributed by atoms with E-state index in [-0.39, 0.29) is 42.2 Å². The fourth-order valence-electron chi connectivity index (χ4n) is 6.19. The molecule has 0 spiro atoms. The first kappa shape index (κ1) is 27.7. The highest BCUT2D eigenvalue weighted by Gasteiger charge is 2.47. The summed E-state index contributed by atoms with van der Waals surface area (Å²) in [5, 5.41) is 3.36. The average molecular weight is 556 g/mol. The van der Waals surface area contributed by atoms with Crippen LogP contribution < -0.4 is 10.2 Å². The van der Waals surface area contributed by atoms with Gasteiger partial charge in [0, 0.05) is 55.3 Å². The number of benzene rings is 1. The van der Waals surface area contributed by atoms with Gasteiger partial charge in [-0.3, -0.25) is 4.79 Å². The molecule has 39 heavy (non-hydrogen) atoms. The lowest BCUT2D eigenvalue weighted by Crippen LogP contribution is -2.53. The minimum atomic E-state index is -4.70. The minimum Gasteiger partial charge on any atom is -0.353 e. The van der Waals surface area contributed by atoms with Gasteiger partial charge in [0.1, 0.15) is 23.7 Å². The predicted molar refractivity (Wildman–Crippen MR) is 132 cm³/mol. The summed E-state index contributed by atoms with van der Waals surface area (Å²) in [5.41, 5.74) is -1.33. The Hall–Kier alpha value is -2.89. The third-order valence-corrected chi connectivity index (χ3v) is 8.14. The summed E-state index contributed by atoms with van der Waals surface area (Å²) < 4.78 is 83.5. The molecule has 12 heteroatoms. The van der Waals surface area contributed by atoms with Crippen molar-refractivity contribution < 1.29 is 31.1 Å². The van der Waals surface area contributed by atoms with E-state index in [9.17, 15) is 26.7 Å². The first-order valence-corrected chi connectivity index (χ1v) is 13.1. The van der Waals surface area contributed by atoms with Gasteiger partial charge in [0.2, 0.25) is 5.91 Å². The van der Waals surface area contributed by atoms with E-state index in [1.54, 1.807) is 11.8 Å². The molecule has 2 fully saturated rings. The molecule has 212 valence electrons. The zero-order chi connectivity index (χ0) is 28.3. The van der Waals surface area contributed by atoms with Gasteiger partial charge in [-0.05, 0) is 44.7 Å². The second-order valence-corrected chi connectivity index (χ2v) is 11.5. The van der Waals surface area contributed by atoms with Crippen LogP contribution in [0.3, 0.4) is 0 Å². The van der Waals surface area contributed by atoms with Gasteiger partial charge < -0.3 is 15.1 Å². The molecule has 1 amide bonds. The number of alkyl halides is 5. The molecule has 2 aromatic rings. The highest BCUT2D eigenvalue weighted by Crippen LogP contribution is 2.49. The third kappa shape index (κ3) is 5.19. The zero-order valence-corrected chi connectivity index (χ0v) is 22.0. The Morgan fingerprint density at radius 2 is 1.82 bits per heavy atom. The van der Waals surface area contributed by atoms with Gasteiger partial charge >= 0.3 is 6.18 Å². The number of aromatic nitrogens is 2. The largest absolute Gasteiger partial charge is 0.416 e. The van der Waals surface area contributed by atoms with E-state index < -0.39 is 41.4 Å². The summed E-state index contributed by atoms with van der Waals surface area (Å²) in [5.74, 6) is -5.47. The van der Waals surface area contributed by atoms with Crippen molar-refractivity contribution in [2.24, 2.45) is 0 Å². The Morgan fingerprint density at radius 1 is 1.13 bits per heavy atom. The highest BCUT2D eigenvalue weighted by molar-refractivity contribution is 5.85. The van der Waals surface area contributed by atoms with E-state index >= 15 is 4.39 Å². The first-order chi connectivity index (χ1) is 18.2. The van der Waals surface area contributed by atoms with E-state index in [0.717, 1.165) is 24.9 Å². The number of hydrogen-bond donors (Lipinski definition) is 1. The fourth-order valence-corrected chi connectivity index (χ4v) is 6.19. The maximum atomic E-state index is 15.1. The van der Waals surface area contributed by atoms with Crippen LogP contribution in [0, 0.1) is 5.82 Å². The number of anilines is 1. The van der Waals surface area contributed by atoms with Crippen LogP contribution in [0.2, 0.25) is 0 Å². The van der Waals surface area contributed by atoms with Crippen molar-refractivity contribution in [2.75, 3.05) is 31.1 Å². The van der Waals surface area contributed by atoms with Crippen LogP contribution in [0.1, 0.15) is 74.3 Å². The van der Waals surface area contributed by atoms with Crippen molar-refractivity contribution in [3.8, 4) is 0 Å². The van der Waals surface area contributed by atoms with Gasteiger partial charge in [0.15, 0.2) is 0 Å². The van der Waals surface area contributed by atoms with Gasteiger partial charge in [-0.2, -0.15) is 22.0 Å². The molecule has 3 atom stereocenters. The minimum absolute atomic E-state index is 0.0738. The number of hydrogen-bond acceptors (Lipinski definition) is 5. The lowest BCUT2D eigenvalue weighted by atomic mass is 9.87. The van der Waals surface area contributed by atoms with E-state index in [2.05, 4.69) is 15.3 Å². The summed E-state index contributed by atoms with van der Waals surface area (Å²) >= 11 is 0. The molecule has 1 aromatic carbocycles. The van der Waals surface area contributed by atoms with Crippen LogP contribution in [0.25, 0.3) is 0 Å². The predicted octanol–water partition coefficient (Wildman–Crippen LogP) is 5.20. The van der Waals surface area contributed by atoms with Gasteiger partial charge in [-0.1, -0.05) is 13.0 Å². The van der Waals surface area contributed by atoms with Crippen LogP contribution in [-0.4, -0.2) is 58.5 Å². The summed E-state index contributed by atoms with van der Waals surface area (Å²) in [6.07, 6.45) is -2.63. The molecule has 2 saturated heterocycles. The van der Waals surface area contributed by atoms with E-state index in [1.165, 1.54) is 0 Å². The van der Waals surface area contributed by atoms with E-state index in [4.69, 9.17) is 0 Å². The molecular formula is C27H31F6N5O. The molecule has 1 aromatic heterocycles. The van der Waals surface area contributed by atoms with E-state index in [0.29, 0.717) is 37.0 Å². The van der Waals surface area contributed by atoms with Crippen molar-refractivity contribution in [3.63, 3.8) is 0 Å². The Kier molecular flexibility index (Phi) is 6.84.